The first-order chi connectivity index (χ1) is 12.7. The van der Waals surface area contributed by atoms with Gasteiger partial charge in [0.05, 0.1) is 0 Å². The van der Waals surface area contributed by atoms with Crippen molar-refractivity contribution >= 4 is 17.9 Å². The quantitative estimate of drug-likeness (QED) is 0.854. The number of pyridine rings is 1. The molecule has 0 unspecified atom stereocenters. The molecule has 7 heteroatoms. The third kappa shape index (κ3) is 3.47. The SMILES string of the molecule is CC(C)(C)OC(=O)NCC12CC(NC(=O)N3CCCc4cccnc43)(C1)C2. The zero-order valence-electron chi connectivity index (χ0n) is 16.3. The normalized spacial score (nSPS) is 28.3. The first-order valence-electron chi connectivity index (χ1n) is 9.70. The highest BCUT2D eigenvalue weighted by Crippen LogP contribution is 2.66. The Bertz CT molecular complexity index is 751. The van der Waals surface area contributed by atoms with Crippen molar-refractivity contribution in [1.29, 1.82) is 0 Å². The molecule has 3 aliphatic carbocycles. The zero-order chi connectivity index (χ0) is 19.3. The molecule has 3 amide bonds. The van der Waals surface area contributed by atoms with Crippen LogP contribution in [0.15, 0.2) is 18.3 Å². The smallest absolute Gasteiger partial charge is 0.407 e. The summed E-state index contributed by atoms with van der Waals surface area (Å²) in [5, 5.41) is 6.10. The van der Waals surface area contributed by atoms with Crippen molar-refractivity contribution < 1.29 is 14.3 Å². The maximum Gasteiger partial charge on any atom is 0.407 e. The fourth-order valence-electron chi connectivity index (χ4n) is 4.79. The number of fused-ring (bicyclic) bond motifs is 1. The third-order valence-corrected chi connectivity index (χ3v) is 5.72. The van der Waals surface area contributed by atoms with E-state index in [1.54, 1.807) is 11.1 Å². The molecule has 0 saturated heterocycles. The summed E-state index contributed by atoms with van der Waals surface area (Å²) in [5.74, 6) is 0.786. The van der Waals surface area contributed by atoms with Crippen molar-refractivity contribution in [2.75, 3.05) is 18.0 Å². The van der Waals surface area contributed by atoms with Crippen LogP contribution in [0.2, 0.25) is 0 Å². The molecule has 5 rings (SSSR count). The van der Waals surface area contributed by atoms with Crippen molar-refractivity contribution in [2.24, 2.45) is 5.41 Å². The lowest BCUT2D eigenvalue weighted by Gasteiger charge is -2.70. The number of aromatic nitrogens is 1. The molecule has 1 aromatic heterocycles. The number of urea groups is 1. The molecule has 7 nitrogen and oxygen atoms in total. The number of ether oxygens (including phenoxy) is 1. The largest absolute Gasteiger partial charge is 0.444 e. The van der Waals surface area contributed by atoms with Gasteiger partial charge in [0, 0.05) is 24.8 Å². The highest BCUT2D eigenvalue weighted by molar-refractivity contribution is 5.93. The Hall–Kier alpha value is -2.31. The number of hydrogen-bond donors (Lipinski definition) is 2. The summed E-state index contributed by atoms with van der Waals surface area (Å²) in [6, 6.07) is 3.91. The fourth-order valence-corrected chi connectivity index (χ4v) is 4.79. The predicted octanol–water partition coefficient (Wildman–Crippen LogP) is 2.99. The highest BCUT2D eigenvalue weighted by Gasteiger charge is 2.68. The van der Waals surface area contributed by atoms with Gasteiger partial charge in [-0.15, -0.1) is 0 Å². The van der Waals surface area contributed by atoms with E-state index < -0.39 is 5.60 Å². The molecular weight excluding hydrogens is 344 g/mol. The van der Waals surface area contributed by atoms with E-state index in [0.717, 1.165) is 43.5 Å². The maximum absolute atomic E-state index is 12.8. The lowest BCUT2D eigenvalue weighted by molar-refractivity contribution is -0.142. The van der Waals surface area contributed by atoms with Gasteiger partial charge in [0.1, 0.15) is 11.4 Å². The summed E-state index contributed by atoms with van der Waals surface area (Å²) in [6.45, 7) is 6.87. The maximum atomic E-state index is 12.8. The summed E-state index contributed by atoms with van der Waals surface area (Å²) in [6.07, 6.45) is 6.02. The van der Waals surface area contributed by atoms with Crippen LogP contribution in [0.5, 0.6) is 0 Å². The third-order valence-electron chi connectivity index (χ3n) is 5.72. The van der Waals surface area contributed by atoms with Gasteiger partial charge in [-0.25, -0.2) is 14.6 Å². The van der Waals surface area contributed by atoms with Crippen LogP contribution in [-0.2, 0) is 11.2 Å². The van der Waals surface area contributed by atoms with Crippen LogP contribution in [-0.4, -0.2) is 41.3 Å². The molecular formula is C20H28N4O3. The van der Waals surface area contributed by atoms with Crippen molar-refractivity contribution in [3.63, 3.8) is 0 Å². The first-order valence-corrected chi connectivity index (χ1v) is 9.70. The molecule has 27 heavy (non-hydrogen) atoms. The van der Waals surface area contributed by atoms with Gasteiger partial charge in [-0.05, 0) is 69.9 Å². The summed E-state index contributed by atoms with van der Waals surface area (Å²) in [5.41, 5.74) is 0.647. The standard InChI is InChI=1S/C20H28N4O3/c1-18(2,3)27-17(26)22-13-19-10-20(11-19,12-19)23-16(25)24-9-5-7-14-6-4-8-21-15(14)24/h4,6,8H,5,7,9-13H2,1-3H3,(H,22,26)(H,23,25). The molecule has 4 aliphatic rings. The Morgan fingerprint density at radius 2 is 2.04 bits per heavy atom. The van der Waals surface area contributed by atoms with Gasteiger partial charge in [0.15, 0.2) is 0 Å². The van der Waals surface area contributed by atoms with E-state index >= 15 is 0 Å². The number of anilines is 1. The molecule has 2 bridgehead atoms. The number of nitrogens with one attached hydrogen (secondary N) is 2. The van der Waals surface area contributed by atoms with Crippen molar-refractivity contribution in [1.82, 2.24) is 15.6 Å². The van der Waals surface area contributed by atoms with Gasteiger partial charge in [-0.1, -0.05) is 6.07 Å². The summed E-state index contributed by atoms with van der Waals surface area (Å²) in [7, 11) is 0. The number of carbonyl (C=O) groups is 2. The second-order valence-electron chi connectivity index (χ2n) is 9.34. The Kier molecular flexibility index (Phi) is 4.09. The molecule has 0 spiro atoms. The number of hydrogen-bond acceptors (Lipinski definition) is 4. The van der Waals surface area contributed by atoms with Gasteiger partial charge in [0.2, 0.25) is 0 Å². The van der Waals surface area contributed by atoms with Gasteiger partial charge in [-0.3, -0.25) is 4.90 Å². The van der Waals surface area contributed by atoms with Crippen LogP contribution >= 0.6 is 0 Å². The molecule has 1 aliphatic heterocycles. The van der Waals surface area contributed by atoms with Gasteiger partial charge in [0.25, 0.3) is 0 Å². The molecule has 0 aromatic carbocycles. The molecule has 146 valence electrons. The minimum absolute atomic E-state index is 0.0527. The number of carbonyl (C=O) groups excluding carboxylic acids is 2. The number of amides is 3. The molecule has 3 saturated carbocycles. The predicted molar refractivity (Wildman–Crippen MR) is 102 cm³/mol. The Balaban J connectivity index is 1.28. The summed E-state index contributed by atoms with van der Waals surface area (Å²) < 4.78 is 5.29. The molecule has 3 fully saturated rings. The number of alkyl carbamates (subject to hydrolysis) is 1. The van der Waals surface area contributed by atoms with E-state index in [1.165, 1.54) is 0 Å². The number of aryl methyl sites for hydroxylation is 1. The zero-order valence-corrected chi connectivity index (χ0v) is 16.3. The van der Waals surface area contributed by atoms with Crippen molar-refractivity contribution in [2.45, 2.75) is 64.0 Å². The van der Waals surface area contributed by atoms with Crippen molar-refractivity contribution in [3.05, 3.63) is 23.9 Å². The van der Waals surface area contributed by atoms with E-state index in [1.807, 2.05) is 32.9 Å². The number of nitrogens with zero attached hydrogens (tertiary/aromatic N) is 2. The minimum atomic E-state index is -0.489. The number of rotatable bonds is 3. The van der Waals surface area contributed by atoms with Crippen LogP contribution in [0, 0.1) is 5.41 Å². The Morgan fingerprint density at radius 1 is 1.30 bits per heavy atom. The summed E-state index contributed by atoms with van der Waals surface area (Å²) in [4.78, 5) is 30.8. The van der Waals surface area contributed by atoms with E-state index in [2.05, 4.69) is 15.6 Å². The molecule has 2 N–H and O–H groups in total. The fraction of sp³-hybridized carbons (Fsp3) is 0.650. The van der Waals surface area contributed by atoms with Crippen molar-refractivity contribution in [3.8, 4) is 0 Å². The molecule has 1 aromatic rings. The van der Waals surface area contributed by atoms with Crippen LogP contribution in [0.25, 0.3) is 0 Å². The second kappa shape index (κ2) is 6.11. The molecule has 0 radical (unpaired) electrons. The lowest BCUT2D eigenvalue weighted by atomic mass is 9.39. The van der Waals surface area contributed by atoms with Gasteiger partial charge in [-0.2, -0.15) is 0 Å². The van der Waals surface area contributed by atoms with Gasteiger partial charge < -0.3 is 15.4 Å². The average Bonchev–Trinajstić information content (AvgIpc) is 2.53. The minimum Gasteiger partial charge on any atom is -0.444 e. The van der Waals surface area contributed by atoms with E-state index in [9.17, 15) is 9.59 Å². The highest BCUT2D eigenvalue weighted by atomic mass is 16.6. The summed E-state index contributed by atoms with van der Waals surface area (Å²) >= 11 is 0. The first kappa shape index (κ1) is 18.1. The average molecular weight is 372 g/mol. The van der Waals surface area contributed by atoms with Crippen LogP contribution in [0.3, 0.4) is 0 Å². The molecule has 2 heterocycles. The Morgan fingerprint density at radius 3 is 2.74 bits per heavy atom. The van der Waals surface area contributed by atoms with Crippen LogP contribution in [0.1, 0.15) is 52.0 Å². The monoisotopic (exact) mass is 372 g/mol. The lowest BCUT2D eigenvalue weighted by Crippen LogP contribution is -2.77. The van der Waals surface area contributed by atoms with E-state index in [4.69, 9.17) is 4.74 Å². The van der Waals surface area contributed by atoms with E-state index in [-0.39, 0.29) is 23.1 Å². The topological polar surface area (TPSA) is 83.6 Å². The van der Waals surface area contributed by atoms with E-state index in [0.29, 0.717) is 13.1 Å². The van der Waals surface area contributed by atoms with Gasteiger partial charge >= 0.3 is 12.1 Å². The second-order valence-corrected chi connectivity index (χ2v) is 9.34. The molecule has 0 atom stereocenters. The Labute approximate surface area is 159 Å². The van der Waals surface area contributed by atoms with Crippen LogP contribution < -0.4 is 15.5 Å². The van der Waals surface area contributed by atoms with Crippen LogP contribution in [0.4, 0.5) is 15.4 Å².